The molecule has 0 aromatic carbocycles. The molecule has 0 unspecified atom stereocenters. The van der Waals surface area contributed by atoms with Crippen molar-refractivity contribution in [3.8, 4) is 6.07 Å². The summed E-state index contributed by atoms with van der Waals surface area (Å²) in [6, 6.07) is 3.75. The van der Waals surface area contributed by atoms with E-state index in [1.165, 1.54) is 6.07 Å². The minimum absolute atomic E-state index is 0.226. The first kappa shape index (κ1) is 21.3. The van der Waals surface area contributed by atoms with Crippen molar-refractivity contribution in [3.05, 3.63) is 40.1 Å². The van der Waals surface area contributed by atoms with Gasteiger partial charge in [0.2, 0.25) is 0 Å². The van der Waals surface area contributed by atoms with Gasteiger partial charge in [-0.15, -0.1) is 11.3 Å². The van der Waals surface area contributed by atoms with E-state index < -0.39 is 18.1 Å². The van der Waals surface area contributed by atoms with Gasteiger partial charge in [0.1, 0.15) is 16.5 Å². The first-order valence-corrected chi connectivity index (χ1v) is 10.1. The van der Waals surface area contributed by atoms with Crippen molar-refractivity contribution >= 4 is 27.4 Å². The highest BCUT2D eigenvalue weighted by atomic mass is 32.1. The lowest BCUT2D eigenvalue weighted by Gasteiger charge is -2.28. The SMILES string of the molecule is CC1=CC=C(C#N)[C@]1(C)NCCCNc1nc(C)nc2sc(CC(F)(F)F)cc12. The number of nitriles is 1. The van der Waals surface area contributed by atoms with Crippen LogP contribution in [0.2, 0.25) is 0 Å². The molecule has 29 heavy (non-hydrogen) atoms. The van der Waals surface area contributed by atoms with E-state index in [-0.39, 0.29) is 4.88 Å². The Labute approximate surface area is 171 Å². The molecule has 2 N–H and O–H groups in total. The van der Waals surface area contributed by atoms with E-state index in [1.807, 2.05) is 26.0 Å². The van der Waals surface area contributed by atoms with E-state index in [2.05, 4.69) is 26.7 Å². The van der Waals surface area contributed by atoms with Crippen molar-refractivity contribution in [2.45, 2.75) is 45.3 Å². The Kier molecular flexibility index (Phi) is 5.96. The Balaban J connectivity index is 1.61. The number of hydrogen-bond acceptors (Lipinski definition) is 6. The summed E-state index contributed by atoms with van der Waals surface area (Å²) in [5.41, 5.74) is 1.32. The van der Waals surface area contributed by atoms with Crippen LogP contribution in [0.5, 0.6) is 0 Å². The van der Waals surface area contributed by atoms with Crippen LogP contribution in [-0.2, 0) is 6.42 Å². The molecule has 0 aliphatic heterocycles. The molecule has 0 saturated heterocycles. The lowest BCUT2D eigenvalue weighted by Crippen LogP contribution is -2.44. The molecule has 2 aromatic rings. The molecule has 0 amide bonds. The quantitative estimate of drug-likeness (QED) is 0.636. The summed E-state index contributed by atoms with van der Waals surface area (Å²) >= 11 is 1.05. The largest absolute Gasteiger partial charge is 0.393 e. The van der Waals surface area contributed by atoms with E-state index in [0.29, 0.717) is 40.5 Å². The number of alkyl halides is 3. The number of aromatic nitrogens is 2. The molecule has 0 fully saturated rings. The monoisotopic (exact) mass is 421 g/mol. The van der Waals surface area contributed by atoms with Gasteiger partial charge in [0.15, 0.2) is 0 Å². The molecular formula is C20H22F3N5S. The molecular weight excluding hydrogens is 399 g/mol. The molecule has 0 spiro atoms. The minimum atomic E-state index is -4.25. The third-order valence-electron chi connectivity index (χ3n) is 5.00. The Hall–Kier alpha value is -2.44. The number of nitrogens with zero attached hydrogens (tertiary/aromatic N) is 3. The fraction of sp³-hybridized carbons (Fsp3) is 0.450. The van der Waals surface area contributed by atoms with Crippen molar-refractivity contribution in [2.24, 2.45) is 0 Å². The summed E-state index contributed by atoms with van der Waals surface area (Å²) in [6.07, 6.45) is -0.681. The maximum atomic E-state index is 12.7. The van der Waals surface area contributed by atoms with Crippen LogP contribution >= 0.6 is 11.3 Å². The normalized spacial score (nSPS) is 19.2. The molecule has 1 aliphatic rings. The Morgan fingerprint density at radius 3 is 2.66 bits per heavy atom. The number of allylic oxidation sites excluding steroid dienone is 2. The van der Waals surface area contributed by atoms with Gasteiger partial charge in [-0.2, -0.15) is 18.4 Å². The second-order valence-electron chi connectivity index (χ2n) is 7.22. The Morgan fingerprint density at radius 1 is 1.21 bits per heavy atom. The predicted octanol–water partition coefficient (Wildman–Crippen LogP) is 4.66. The summed E-state index contributed by atoms with van der Waals surface area (Å²) in [4.78, 5) is 9.40. The highest BCUT2D eigenvalue weighted by molar-refractivity contribution is 7.18. The first-order valence-electron chi connectivity index (χ1n) is 9.25. The van der Waals surface area contributed by atoms with Gasteiger partial charge in [-0.25, -0.2) is 9.97 Å². The first-order chi connectivity index (χ1) is 13.6. The molecule has 0 radical (unpaired) electrons. The molecule has 1 aliphatic carbocycles. The van der Waals surface area contributed by atoms with Gasteiger partial charge in [-0.1, -0.05) is 6.08 Å². The standard InChI is InChI=1S/C20H22F3N5S/c1-12-5-6-14(11-24)19(12,3)26-8-4-7-25-17-16-9-15(10-20(21,22)23)29-18(16)28-13(2)27-17/h5-6,9,26H,4,7-8,10H2,1-3H3,(H,25,27,28)/t19-/m1/s1. The zero-order valence-corrected chi connectivity index (χ0v) is 17.3. The number of rotatable bonds is 7. The molecule has 3 rings (SSSR count). The summed E-state index contributed by atoms with van der Waals surface area (Å²) in [5.74, 6) is 1.07. The Morgan fingerprint density at radius 2 is 1.97 bits per heavy atom. The summed E-state index contributed by atoms with van der Waals surface area (Å²) in [6.45, 7) is 6.96. The molecule has 154 valence electrons. The van der Waals surface area contributed by atoms with Gasteiger partial charge in [0.25, 0.3) is 0 Å². The van der Waals surface area contributed by atoms with Gasteiger partial charge >= 0.3 is 6.18 Å². The molecule has 2 aromatic heterocycles. The lowest BCUT2D eigenvalue weighted by molar-refractivity contribution is -0.126. The lowest BCUT2D eigenvalue weighted by atomic mass is 9.89. The number of aryl methyl sites for hydroxylation is 1. The zero-order valence-electron chi connectivity index (χ0n) is 16.4. The van der Waals surface area contributed by atoms with Crippen molar-refractivity contribution < 1.29 is 13.2 Å². The maximum absolute atomic E-state index is 12.7. The zero-order chi connectivity index (χ0) is 21.2. The van der Waals surface area contributed by atoms with Crippen molar-refractivity contribution in [3.63, 3.8) is 0 Å². The van der Waals surface area contributed by atoms with E-state index >= 15 is 0 Å². The highest BCUT2D eigenvalue weighted by Gasteiger charge is 2.33. The smallest absolute Gasteiger partial charge is 0.369 e. The van der Waals surface area contributed by atoms with Gasteiger partial charge in [-0.3, -0.25) is 0 Å². The van der Waals surface area contributed by atoms with Crippen molar-refractivity contribution in [1.29, 1.82) is 5.26 Å². The minimum Gasteiger partial charge on any atom is -0.369 e. The fourth-order valence-corrected chi connectivity index (χ4v) is 4.37. The van der Waals surface area contributed by atoms with Crippen LogP contribution in [0.15, 0.2) is 29.4 Å². The molecule has 1 atom stereocenters. The number of nitrogens with one attached hydrogen (secondary N) is 2. The summed E-state index contributed by atoms with van der Waals surface area (Å²) < 4.78 is 38.1. The second-order valence-corrected chi connectivity index (χ2v) is 8.33. The molecule has 5 nitrogen and oxygen atoms in total. The molecule has 0 bridgehead atoms. The van der Waals surface area contributed by atoms with Crippen LogP contribution in [0.1, 0.15) is 31.0 Å². The third-order valence-corrected chi connectivity index (χ3v) is 6.03. The number of anilines is 1. The van der Waals surface area contributed by atoms with E-state index in [4.69, 9.17) is 0 Å². The third kappa shape index (κ3) is 4.77. The van der Waals surface area contributed by atoms with Gasteiger partial charge < -0.3 is 10.6 Å². The maximum Gasteiger partial charge on any atom is 0.393 e. The van der Waals surface area contributed by atoms with Crippen LogP contribution in [-0.4, -0.2) is 34.8 Å². The summed E-state index contributed by atoms with van der Waals surface area (Å²) in [5, 5.41) is 16.5. The van der Waals surface area contributed by atoms with Crippen molar-refractivity contribution in [2.75, 3.05) is 18.4 Å². The number of halogens is 3. The summed E-state index contributed by atoms with van der Waals surface area (Å²) in [7, 11) is 0. The Bertz CT molecular complexity index is 1020. The molecule has 9 heteroatoms. The predicted molar refractivity (Wildman–Crippen MR) is 109 cm³/mol. The van der Waals surface area contributed by atoms with Crippen LogP contribution < -0.4 is 10.6 Å². The average molecular weight is 421 g/mol. The highest BCUT2D eigenvalue weighted by Crippen LogP contribution is 2.33. The number of fused-ring (bicyclic) bond motifs is 1. The van der Waals surface area contributed by atoms with E-state index in [1.54, 1.807) is 6.92 Å². The molecule has 2 heterocycles. The fourth-order valence-electron chi connectivity index (χ4n) is 3.27. The van der Waals surface area contributed by atoms with Crippen molar-refractivity contribution in [1.82, 2.24) is 15.3 Å². The van der Waals surface area contributed by atoms with E-state index in [0.717, 1.165) is 23.3 Å². The van der Waals surface area contributed by atoms with Crippen LogP contribution in [0, 0.1) is 18.3 Å². The van der Waals surface area contributed by atoms with E-state index in [9.17, 15) is 18.4 Å². The second kappa shape index (κ2) is 8.13. The van der Waals surface area contributed by atoms with Crippen LogP contribution in [0.3, 0.4) is 0 Å². The van der Waals surface area contributed by atoms with Crippen LogP contribution in [0.4, 0.5) is 19.0 Å². The van der Waals surface area contributed by atoms with Gasteiger partial charge in [0, 0.05) is 11.4 Å². The van der Waals surface area contributed by atoms with Gasteiger partial charge in [0.05, 0.1) is 29.0 Å². The molecule has 0 saturated carbocycles. The van der Waals surface area contributed by atoms with Gasteiger partial charge in [-0.05, 0) is 51.5 Å². The van der Waals surface area contributed by atoms with Crippen LogP contribution in [0.25, 0.3) is 10.2 Å². The number of thiophene rings is 1. The number of hydrogen-bond donors (Lipinski definition) is 2. The topological polar surface area (TPSA) is 73.6 Å². The average Bonchev–Trinajstić information content (AvgIpc) is 3.13.